The highest BCUT2D eigenvalue weighted by Crippen LogP contribution is 2.57. The first-order chi connectivity index (χ1) is 10.4. The third-order valence-corrected chi connectivity index (χ3v) is 5.66. The smallest absolute Gasteiger partial charge is 0.158 e. The molecule has 0 aliphatic heterocycles. The topological polar surface area (TPSA) is 43.1 Å². The second kappa shape index (κ2) is 5.22. The molecule has 0 saturated heterocycles. The minimum atomic E-state index is -0.360. The van der Waals surface area contributed by atoms with Crippen molar-refractivity contribution in [2.75, 3.05) is 5.73 Å². The van der Waals surface area contributed by atoms with Crippen molar-refractivity contribution in [3.05, 3.63) is 34.1 Å². The Bertz CT molecular complexity index is 689. The number of anilines is 1. The molecule has 3 rings (SSSR count). The molecule has 0 bridgehead atoms. The van der Waals surface area contributed by atoms with E-state index in [1.165, 1.54) is 0 Å². The van der Waals surface area contributed by atoms with Gasteiger partial charge in [0.25, 0.3) is 0 Å². The number of allylic oxidation sites excluding steroid dienone is 2. The van der Waals surface area contributed by atoms with Gasteiger partial charge in [0, 0.05) is 11.8 Å². The summed E-state index contributed by atoms with van der Waals surface area (Å²) in [6.07, 6.45) is 5.74. The van der Waals surface area contributed by atoms with Crippen LogP contribution in [-0.4, -0.2) is 5.78 Å². The number of hydrogen-bond acceptors (Lipinski definition) is 2. The summed E-state index contributed by atoms with van der Waals surface area (Å²) in [7, 11) is 0. The molecule has 0 spiro atoms. The van der Waals surface area contributed by atoms with Crippen molar-refractivity contribution in [2.45, 2.75) is 59.3 Å². The van der Waals surface area contributed by atoms with Crippen LogP contribution in [0, 0.1) is 18.2 Å². The average molecular weight is 301 g/mol. The maximum atomic E-state index is 14.2. The molecule has 2 nitrogen and oxygen atoms in total. The highest BCUT2D eigenvalue weighted by Gasteiger charge is 2.46. The molecule has 0 fully saturated rings. The zero-order chi connectivity index (χ0) is 16.1. The average Bonchev–Trinajstić information content (AvgIpc) is 2.82. The summed E-state index contributed by atoms with van der Waals surface area (Å²) in [5.41, 5.74) is 11.0. The number of hydrogen-bond donors (Lipinski definition) is 1. The number of nitrogen functional groups attached to an aromatic ring is 1. The molecule has 118 valence electrons. The molecule has 1 unspecified atom stereocenters. The van der Waals surface area contributed by atoms with Crippen LogP contribution in [0.15, 0.2) is 11.6 Å². The highest BCUT2D eigenvalue weighted by atomic mass is 19.1. The number of unbranched alkanes of at least 4 members (excludes halogenated alkanes) is 1. The molecule has 0 heterocycles. The Morgan fingerprint density at radius 2 is 2.09 bits per heavy atom. The number of Topliss-reactive ketones (excluding diaryl/α,β-unsaturated/α-hetero) is 1. The maximum Gasteiger partial charge on any atom is 0.158 e. The van der Waals surface area contributed by atoms with Crippen LogP contribution in [0.2, 0.25) is 0 Å². The Labute approximate surface area is 131 Å². The van der Waals surface area contributed by atoms with Gasteiger partial charge in [-0.3, -0.25) is 4.79 Å². The van der Waals surface area contributed by atoms with Gasteiger partial charge in [-0.15, -0.1) is 0 Å². The van der Waals surface area contributed by atoms with E-state index in [2.05, 4.69) is 6.92 Å². The predicted octanol–water partition coefficient (Wildman–Crippen LogP) is 4.59. The molecule has 1 atom stereocenters. The Morgan fingerprint density at radius 1 is 1.36 bits per heavy atom. The monoisotopic (exact) mass is 301 g/mol. The minimum absolute atomic E-state index is 0.0152. The van der Waals surface area contributed by atoms with Crippen LogP contribution in [0.5, 0.6) is 0 Å². The normalized spacial score (nSPS) is 23.7. The first-order valence-electron chi connectivity index (χ1n) is 8.23. The van der Waals surface area contributed by atoms with E-state index in [1.807, 2.05) is 13.8 Å². The second-order valence-electron chi connectivity index (χ2n) is 6.91. The van der Waals surface area contributed by atoms with Gasteiger partial charge in [-0.25, -0.2) is 4.39 Å². The number of nitrogens with two attached hydrogens (primary N) is 1. The third kappa shape index (κ3) is 2.02. The van der Waals surface area contributed by atoms with Crippen molar-refractivity contribution in [3.63, 3.8) is 0 Å². The molecule has 0 saturated carbocycles. The zero-order valence-electron chi connectivity index (χ0n) is 13.7. The zero-order valence-corrected chi connectivity index (χ0v) is 13.7. The van der Waals surface area contributed by atoms with E-state index in [1.54, 1.807) is 6.07 Å². The van der Waals surface area contributed by atoms with Crippen molar-refractivity contribution in [2.24, 2.45) is 5.41 Å². The summed E-state index contributed by atoms with van der Waals surface area (Å²) in [5, 5.41) is 0. The van der Waals surface area contributed by atoms with Crippen molar-refractivity contribution in [1.29, 1.82) is 0 Å². The van der Waals surface area contributed by atoms with Crippen LogP contribution in [0.25, 0.3) is 5.57 Å². The number of benzene rings is 1. The summed E-state index contributed by atoms with van der Waals surface area (Å²) >= 11 is 0. The molecule has 3 heteroatoms. The van der Waals surface area contributed by atoms with E-state index in [9.17, 15) is 9.18 Å². The molecule has 22 heavy (non-hydrogen) atoms. The molecule has 2 aliphatic carbocycles. The number of carbonyl (C=O) groups excluding carboxylic acids is 1. The van der Waals surface area contributed by atoms with Gasteiger partial charge in [0.15, 0.2) is 5.78 Å². The van der Waals surface area contributed by atoms with Gasteiger partial charge in [-0.2, -0.15) is 0 Å². The first-order valence-corrected chi connectivity index (χ1v) is 8.23. The van der Waals surface area contributed by atoms with E-state index in [0.29, 0.717) is 6.42 Å². The molecule has 0 aromatic heterocycles. The van der Waals surface area contributed by atoms with Crippen molar-refractivity contribution < 1.29 is 9.18 Å². The van der Waals surface area contributed by atoms with Gasteiger partial charge in [0.05, 0.1) is 5.69 Å². The van der Waals surface area contributed by atoms with E-state index in [4.69, 9.17) is 5.73 Å². The molecule has 0 amide bonds. The van der Waals surface area contributed by atoms with Crippen LogP contribution in [0.4, 0.5) is 10.1 Å². The fraction of sp³-hybridized carbons (Fsp3) is 0.526. The molecule has 2 N–H and O–H groups in total. The van der Waals surface area contributed by atoms with Gasteiger partial charge in [0.2, 0.25) is 0 Å². The Hall–Kier alpha value is -1.64. The van der Waals surface area contributed by atoms with Gasteiger partial charge < -0.3 is 5.73 Å². The van der Waals surface area contributed by atoms with E-state index in [0.717, 1.165) is 59.9 Å². The molecule has 1 aromatic rings. The number of halogens is 1. The van der Waals surface area contributed by atoms with Crippen LogP contribution in [0.1, 0.15) is 62.6 Å². The number of ketones is 1. The quantitative estimate of drug-likeness (QED) is 0.830. The molecule has 2 aliphatic rings. The summed E-state index contributed by atoms with van der Waals surface area (Å²) < 4.78 is 14.2. The largest absolute Gasteiger partial charge is 0.396 e. The summed E-state index contributed by atoms with van der Waals surface area (Å²) in [6.45, 7) is 6.00. The van der Waals surface area contributed by atoms with Crippen LogP contribution < -0.4 is 5.73 Å². The second-order valence-corrected chi connectivity index (χ2v) is 6.91. The number of rotatable bonds is 3. The fourth-order valence-electron chi connectivity index (χ4n) is 4.35. The van der Waals surface area contributed by atoms with Gasteiger partial charge in [-0.05, 0) is 67.0 Å². The summed E-state index contributed by atoms with van der Waals surface area (Å²) in [4.78, 5) is 12.2. The Morgan fingerprint density at radius 3 is 2.77 bits per heavy atom. The first kappa shape index (κ1) is 15.3. The van der Waals surface area contributed by atoms with Crippen LogP contribution >= 0.6 is 0 Å². The lowest BCUT2D eigenvalue weighted by molar-refractivity contribution is -0.116. The predicted molar refractivity (Wildman–Crippen MR) is 88.0 cm³/mol. The standard InChI is InChI=1S/C19H24FNO/c1-4-5-7-19-8-6-16(22)12(3)17(19)13-9-15(20)18(21)11(2)14(13)10-19/h9H,4-8,10,21H2,1-3H3. The summed E-state index contributed by atoms with van der Waals surface area (Å²) in [6, 6.07) is 1.56. The lowest BCUT2D eigenvalue weighted by Crippen LogP contribution is -2.28. The maximum absolute atomic E-state index is 14.2. The van der Waals surface area contributed by atoms with E-state index >= 15 is 0 Å². The summed E-state index contributed by atoms with van der Waals surface area (Å²) in [5.74, 6) is -0.147. The van der Waals surface area contributed by atoms with E-state index < -0.39 is 0 Å². The molecule has 0 radical (unpaired) electrons. The lowest BCUT2D eigenvalue weighted by atomic mass is 9.67. The minimum Gasteiger partial charge on any atom is -0.396 e. The molecular weight excluding hydrogens is 277 g/mol. The van der Waals surface area contributed by atoms with Crippen molar-refractivity contribution in [1.82, 2.24) is 0 Å². The highest BCUT2D eigenvalue weighted by molar-refractivity contribution is 6.06. The molecular formula is C19H24FNO. The van der Waals surface area contributed by atoms with Crippen LogP contribution in [-0.2, 0) is 11.2 Å². The Kier molecular flexibility index (Phi) is 3.62. The van der Waals surface area contributed by atoms with Crippen LogP contribution in [0.3, 0.4) is 0 Å². The van der Waals surface area contributed by atoms with Gasteiger partial charge >= 0.3 is 0 Å². The SMILES string of the molecule is CCCCC12CCC(=O)C(C)=C1c1cc(F)c(N)c(C)c1C2. The lowest BCUT2D eigenvalue weighted by Gasteiger charge is -2.36. The Balaban J connectivity index is 2.23. The van der Waals surface area contributed by atoms with Crippen molar-refractivity contribution >= 4 is 17.0 Å². The van der Waals surface area contributed by atoms with Gasteiger partial charge in [-0.1, -0.05) is 19.8 Å². The number of fused-ring (bicyclic) bond motifs is 3. The van der Waals surface area contributed by atoms with Crippen molar-refractivity contribution in [3.8, 4) is 0 Å². The number of carbonyl (C=O) groups is 1. The fourth-order valence-corrected chi connectivity index (χ4v) is 4.35. The van der Waals surface area contributed by atoms with E-state index in [-0.39, 0.29) is 22.7 Å². The molecule has 1 aromatic carbocycles. The van der Waals surface area contributed by atoms with Gasteiger partial charge in [0.1, 0.15) is 5.82 Å². The third-order valence-electron chi connectivity index (χ3n) is 5.66.